The zero-order chi connectivity index (χ0) is 13.1. The van der Waals surface area contributed by atoms with Gasteiger partial charge in [0.05, 0.1) is 0 Å². The number of rotatable bonds is 2. The van der Waals surface area contributed by atoms with Gasteiger partial charge in [0.25, 0.3) is 11.5 Å². The van der Waals surface area contributed by atoms with E-state index in [9.17, 15) is 9.59 Å². The van der Waals surface area contributed by atoms with Gasteiger partial charge in [-0.15, -0.1) is 0 Å². The molecular formula is C13H18N2O3. The number of aromatic nitrogens is 1. The molecule has 0 unspecified atom stereocenters. The predicted octanol–water partition coefficient (Wildman–Crippen LogP) is 0.901. The Hall–Kier alpha value is -1.62. The Balaban J connectivity index is 2.13. The molecule has 5 nitrogen and oxygen atoms in total. The molecule has 0 bridgehead atoms. The van der Waals surface area contributed by atoms with Gasteiger partial charge in [-0.2, -0.15) is 0 Å². The minimum absolute atomic E-state index is 0.104. The van der Waals surface area contributed by atoms with Crippen molar-refractivity contribution in [2.24, 2.45) is 0 Å². The van der Waals surface area contributed by atoms with Crippen LogP contribution in [0.15, 0.2) is 10.9 Å². The van der Waals surface area contributed by atoms with E-state index in [1.54, 1.807) is 6.07 Å². The fourth-order valence-corrected chi connectivity index (χ4v) is 2.00. The Labute approximate surface area is 106 Å². The summed E-state index contributed by atoms with van der Waals surface area (Å²) in [7, 11) is 0. The fourth-order valence-electron chi connectivity index (χ4n) is 2.00. The van der Waals surface area contributed by atoms with E-state index < -0.39 is 0 Å². The molecule has 1 fully saturated rings. The van der Waals surface area contributed by atoms with Crippen molar-refractivity contribution in [2.75, 3.05) is 13.2 Å². The summed E-state index contributed by atoms with van der Waals surface area (Å²) in [6.45, 7) is 5.01. The molecule has 18 heavy (non-hydrogen) atoms. The molecule has 2 rings (SSSR count). The van der Waals surface area contributed by atoms with Crippen molar-refractivity contribution in [1.29, 1.82) is 0 Å². The van der Waals surface area contributed by atoms with E-state index in [-0.39, 0.29) is 23.1 Å². The molecule has 0 aromatic carbocycles. The molecule has 1 saturated heterocycles. The van der Waals surface area contributed by atoms with Gasteiger partial charge >= 0.3 is 0 Å². The van der Waals surface area contributed by atoms with E-state index >= 15 is 0 Å². The summed E-state index contributed by atoms with van der Waals surface area (Å²) in [6.07, 6.45) is 1.60. The number of carbonyl (C=O) groups is 1. The van der Waals surface area contributed by atoms with Crippen molar-refractivity contribution in [3.63, 3.8) is 0 Å². The number of pyridine rings is 1. The number of ether oxygens (including phenoxy) is 1. The maximum atomic E-state index is 12.0. The summed E-state index contributed by atoms with van der Waals surface area (Å²) in [6, 6.07) is 1.75. The molecule has 0 aliphatic carbocycles. The molecule has 0 atom stereocenters. The van der Waals surface area contributed by atoms with Gasteiger partial charge < -0.3 is 15.0 Å². The molecule has 1 amide bonds. The average Bonchev–Trinajstić information content (AvgIpc) is 2.35. The first-order chi connectivity index (χ1) is 8.58. The third kappa shape index (κ3) is 2.79. The highest BCUT2D eigenvalue weighted by Crippen LogP contribution is 2.08. The van der Waals surface area contributed by atoms with Crippen LogP contribution in [0.25, 0.3) is 0 Å². The third-order valence-electron chi connectivity index (χ3n) is 3.30. The van der Waals surface area contributed by atoms with Crippen LogP contribution >= 0.6 is 0 Å². The van der Waals surface area contributed by atoms with Crippen LogP contribution in [0.1, 0.15) is 34.5 Å². The molecule has 0 spiro atoms. The number of nitrogens with one attached hydrogen (secondary N) is 2. The van der Waals surface area contributed by atoms with E-state index in [1.807, 2.05) is 13.8 Å². The second kappa shape index (κ2) is 5.35. The number of aromatic amines is 1. The molecule has 0 radical (unpaired) electrons. The number of aryl methyl sites for hydroxylation is 2. The average molecular weight is 250 g/mol. The van der Waals surface area contributed by atoms with Gasteiger partial charge in [0.2, 0.25) is 0 Å². The number of hydrogen-bond donors (Lipinski definition) is 2. The Bertz CT molecular complexity index is 501. The molecule has 2 N–H and O–H groups in total. The van der Waals surface area contributed by atoms with Gasteiger partial charge in [0.15, 0.2) is 0 Å². The van der Waals surface area contributed by atoms with E-state index in [2.05, 4.69) is 10.3 Å². The second-order valence-corrected chi connectivity index (χ2v) is 4.68. The van der Waals surface area contributed by atoms with Crippen LogP contribution in [0.4, 0.5) is 0 Å². The van der Waals surface area contributed by atoms with Gasteiger partial charge in [0.1, 0.15) is 5.56 Å². The van der Waals surface area contributed by atoms with Crippen molar-refractivity contribution in [3.8, 4) is 0 Å². The summed E-state index contributed by atoms with van der Waals surface area (Å²) >= 11 is 0. The Morgan fingerprint density at radius 1 is 1.39 bits per heavy atom. The van der Waals surface area contributed by atoms with Gasteiger partial charge in [-0.05, 0) is 38.3 Å². The van der Waals surface area contributed by atoms with Gasteiger partial charge in [-0.1, -0.05) is 0 Å². The minimum Gasteiger partial charge on any atom is -0.381 e. The van der Waals surface area contributed by atoms with Crippen LogP contribution in [0.3, 0.4) is 0 Å². The Kier molecular flexibility index (Phi) is 3.81. The van der Waals surface area contributed by atoms with E-state index in [0.29, 0.717) is 13.2 Å². The lowest BCUT2D eigenvalue weighted by Gasteiger charge is -2.23. The summed E-state index contributed by atoms with van der Waals surface area (Å²) in [5, 5.41) is 2.88. The number of amides is 1. The molecule has 1 aliphatic rings. The first-order valence-corrected chi connectivity index (χ1v) is 6.17. The summed E-state index contributed by atoms with van der Waals surface area (Å²) in [5.74, 6) is -0.300. The smallest absolute Gasteiger partial charge is 0.261 e. The predicted molar refractivity (Wildman–Crippen MR) is 67.8 cm³/mol. The highest BCUT2D eigenvalue weighted by Gasteiger charge is 2.19. The lowest BCUT2D eigenvalue weighted by molar-refractivity contribution is 0.0696. The van der Waals surface area contributed by atoms with E-state index in [0.717, 1.165) is 24.1 Å². The lowest BCUT2D eigenvalue weighted by atomic mass is 10.1. The minimum atomic E-state index is -0.331. The summed E-state index contributed by atoms with van der Waals surface area (Å²) in [5.41, 5.74) is 1.56. The van der Waals surface area contributed by atoms with Crippen LogP contribution in [-0.2, 0) is 4.74 Å². The van der Waals surface area contributed by atoms with Gasteiger partial charge in [-0.25, -0.2) is 0 Å². The molecule has 1 aromatic heterocycles. The molecule has 1 aromatic rings. The Morgan fingerprint density at radius 3 is 2.72 bits per heavy atom. The van der Waals surface area contributed by atoms with Crippen LogP contribution in [0, 0.1) is 13.8 Å². The molecule has 2 heterocycles. The zero-order valence-electron chi connectivity index (χ0n) is 10.7. The normalized spacial score (nSPS) is 16.6. The number of hydrogen-bond acceptors (Lipinski definition) is 3. The molecule has 0 saturated carbocycles. The number of carbonyl (C=O) groups excluding carboxylic acids is 1. The van der Waals surface area contributed by atoms with Crippen molar-refractivity contribution in [2.45, 2.75) is 32.7 Å². The van der Waals surface area contributed by atoms with Gasteiger partial charge in [-0.3, -0.25) is 9.59 Å². The Morgan fingerprint density at radius 2 is 2.06 bits per heavy atom. The standard InChI is InChI=1S/C13H18N2O3/c1-8-7-11(12(16)14-9(8)2)13(17)15-10-3-5-18-6-4-10/h7,10H,3-6H2,1-2H3,(H,14,16)(H,15,17). The van der Waals surface area contributed by atoms with E-state index in [1.165, 1.54) is 0 Å². The SMILES string of the molecule is Cc1cc(C(=O)NC2CCOCC2)c(=O)[nH]c1C. The largest absolute Gasteiger partial charge is 0.381 e. The van der Waals surface area contributed by atoms with Gasteiger partial charge in [0, 0.05) is 24.9 Å². The topological polar surface area (TPSA) is 71.2 Å². The maximum Gasteiger partial charge on any atom is 0.261 e. The molecular weight excluding hydrogens is 232 g/mol. The molecule has 98 valence electrons. The zero-order valence-corrected chi connectivity index (χ0v) is 10.7. The summed E-state index contributed by atoms with van der Waals surface area (Å²) < 4.78 is 5.23. The first-order valence-electron chi connectivity index (χ1n) is 6.17. The van der Waals surface area contributed by atoms with Crippen molar-refractivity contribution < 1.29 is 9.53 Å². The van der Waals surface area contributed by atoms with Crippen LogP contribution in [-0.4, -0.2) is 30.1 Å². The van der Waals surface area contributed by atoms with Crippen molar-refractivity contribution in [1.82, 2.24) is 10.3 Å². The lowest BCUT2D eigenvalue weighted by Crippen LogP contribution is -2.40. The van der Waals surface area contributed by atoms with Crippen molar-refractivity contribution >= 4 is 5.91 Å². The van der Waals surface area contributed by atoms with Crippen LogP contribution in [0.2, 0.25) is 0 Å². The highest BCUT2D eigenvalue weighted by atomic mass is 16.5. The maximum absolute atomic E-state index is 12.0. The first kappa shape index (κ1) is 12.8. The fraction of sp³-hybridized carbons (Fsp3) is 0.538. The summed E-state index contributed by atoms with van der Waals surface area (Å²) in [4.78, 5) is 26.4. The second-order valence-electron chi connectivity index (χ2n) is 4.68. The quantitative estimate of drug-likeness (QED) is 0.819. The molecule has 1 aliphatic heterocycles. The van der Waals surface area contributed by atoms with Crippen LogP contribution < -0.4 is 10.9 Å². The van der Waals surface area contributed by atoms with Crippen molar-refractivity contribution in [3.05, 3.63) is 33.2 Å². The highest BCUT2D eigenvalue weighted by molar-refractivity contribution is 5.94. The third-order valence-corrected chi connectivity index (χ3v) is 3.30. The monoisotopic (exact) mass is 250 g/mol. The van der Waals surface area contributed by atoms with E-state index in [4.69, 9.17) is 4.74 Å². The number of H-pyrrole nitrogens is 1. The van der Waals surface area contributed by atoms with Crippen LogP contribution in [0.5, 0.6) is 0 Å². The molecule has 5 heteroatoms.